The Hall–Kier alpha value is -4.42. The van der Waals surface area contributed by atoms with Gasteiger partial charge in [0, 0.05) is 11.1 Å². The molecule has 0 aliphatic carbocycles. The first-order valence-electron chi connectivity index (χ1n) is 11.1. The first kappa shape index (κ1) is 26.6. The fraction of sp³-hybridized carbons (Fsp3) is 0.120. The van der Waals surface area contributed by atoms with E-state index in [-0.39, 0.29) is 29.8 Å². The van der Waals surface area contributed by atoms with E-state index in [2.05, 4.69) is 10.3 Å². The number of carbonyl (C=O) groups is 1. The maximum absolute atomic E-state index is 12.5. The fourth-order valence-electron chi connectivity index (χ4n) is 3.42. The van der Waals surface area contributed by atoms with Crippen LogP contribution in [0.1, 0.15) is 18.1 Å². The van der Waals surface area contributed by atoms with Crippen LogP contribution in [-0.2, 0) is 4.79 Å². The molecule has 1 aliphatic heterocycles. The van der Waals surface area contributed by atoms with Crippen LogP contribution in [-0.4, -0.2) is 27.5 Å². The third kappa shape index (κ3) is 6.10. The lowest BCUT2D eigenvalue weighted by atomic mass is 10.2. The van der Waals surface area contributed by atoms with Crippen molar-refractivity contribution in [3.8, 4) is 17.2 Å². The van der Waals surface area contributed by atoms with E-state index < -0.39 is 21.2 Å². The second kappa shape index (κ2) is 11.3. The summed E-state index contributed by atoms with van der Waals surface area (Å²) in [4.78, 5) is 38.4. The molecular weight excluding hydrogens is 536 g/mol. The average Bonchev–Trinajstić information content (AvgIpc) is 3.21. The van der Waals surface area contributed by atoms with Crippen LogP contribution in [0, 0.1) is 27.2 Å². The summed E-state index contributed by atoms with van der Waals surface area (Å²) in [6, 6.07) is 13.2. The van der Waals surface area contributed by atoms with Crippen molar-refractivity contribution < 1.29 is 24.1 Å². The summed E-state index contributed by atoms with van der Waals surface area (Å²) in [6.45, 7) is 3.89. The lowest BCUT2D eigenvalue weighted by molar-refractivity contribution is -0.394. The predicted molar refractivity (Wildman–Crippen MR) is 144 cm³/mol. The van der Waals surface area contributed by atoms with E-state index in [1.165, 1.54) is 17.8 Å². The molecule has 0 unspecified atom stereocenters. The molecule has 1 amide bonds. The van der Waals surface area contributed by atoms with E-state index in [0.29, 0.717) is 26.3 Å². The number of non-ortho nitro benzene ring substituents is 1. The zero-order valence-corrected chi connectivity index (χ0v) is 21.5. The maximum Gasteiger partial charge on any atom is 0.318 e. The fourth-order valence-corrected chi connectivity index (χ4v) is 4.48. The van der Waals surface area contributed by atoms with Crippen molar-refractivity contribution in [3.05, 3.63) is 95.9 Å². The number of thioether (sulfide) groups is 1. The molecule has 1 saturated heterocycles. The van der Waals surface area contributed by atoms with Crippen LogP contribution in [0.2, 0.25) is 5.02 Å². The van der Waals surface area contributed by atoms with Gasteiger partial charge >= 0.3 is 5.69 Å². The smallest absolute Gasteiger partial charge is 0.318 e. The lowest BCUT2D eigenvalue weighted by Crippen LogP contribution is -2.19. The minimum absolute atomic E-state index is 0.162. The number of carbonyl (C=O) groups excluding carboxylic acids is 1. The van der Waals surface area contributed by atoms with Gasteiger partial charge in [-0.3, -0.25) is 25.0 Å². The van der Waals surface area contributed by atoms with Crippen molar-refractivity contribution in [2.45, 2.75) is 13.8 Å². The lowest BCUT2D eigenvalue weighted by Gasteiger charge is -2.12. The van der Waals surface area contributed by atoms with Gasteiger partial charge < -0.3 is 14.8 Å². The number of amides is 1. The number of nitrogens with one attached hydrogen (secondary N) is 1. The normalized spacial score (nSPS) is 15.0. The van der Waals surface area contributed by atoms with Crippen LogP contribution in [0.3, 0.4) is 0 Å². The number of hydrogen-bond donors (Lipinski definition) is 1. The Balaban J connectivity index is 1.60. The molecule has 11 nitrogen and oxygen atoms in total. The Morgan fingerprint density at radius 2 is 1.79 bits per heavy atom. The SMILES string of the molecule is CCOc1cc(/C=C2\SC(=Nc3ccc(Cl)cc3C)NC2=O)ccc1Oc1ccc([N+](=O)[O-])cc1[N+](=O)[O-]. The molecule has 0 aromatic heterocycles. The largest absolute Gasteiger partial charge is 0.490 e. The Morgan fingerprint density at radius 1 is 1.03 bits per heavy atom. The van der Waals surface area contributed by atoms with Crippen molar-refractivity contribution >= 4 is 57.6 Å². The highest BCUT2D eigenvalue weighted by molar-refractivity contribution is 8.18. The van der Waals surface area contributed by atoms with Gasteiger partial charge in [-0.25, -0.2) is 4.99 Å². The summed E-state index contributed by atoms with van der Waals surface area (Å²) in [5.74, 6) is -0.0737. The molecular formula is C25H19ClN4O7S. The predicted octanol–water partition coefficient (Wildman–Crippen LogP) is 6.55. The minimum atomic E-state index is -0.762. The molecule has 13 heteroatoms. The van der Waals surface area contributed by atoms with E-state index in [0.717, 1.165) is 23.8 Å². The first-order valence-corrected chi connectivity index (χ1v) is 12.3. The number of hydrogen-bond acceptors (Lipinski definition) is 9. The Bertz CT molecular complexity index is 1520. The van der Waals surface area contributed by atoms with Gasteiger partial charge in [-0.2, -0.15) is 0 Å². The van der Waals surface area contributed by atoms with E-state index in [1.807, 2.05) is 6.92 Å². The van der Waals surface area contributed by atoms with Gasteiger partial charge in [0.05, 0.1) is 33.1 Å². The van der Waals surface area contributed by atoms with Gasteiger partial charge in [0.15, 0.2) is 16.7 Å². The number of nitrogens with zero attached hydrogens (tertiary/aromatic N) is 3. The van der Waals surface area contributed by atoms with Crippen molar-refractivity contribution in [2.75, 3.05) is 6.61 Å². The average molecular weight is 555 g/mol. The van der Waals surface area contributed by atoms with Gasteiger partial charge in [-0.15, -0.1) is 0 Å². The number of aliphatic imine (C=N–C) groups is 1. The van der Waals surface area contributed by atoms with Crippen molar-refractivity contribution in [3.63, 3.8) is 0 Å². The highest BCUT2D eigenvalue weighted by Gasteiger charge is 2.25. The molecule has 38 heavy (non-hydrogen) atoms. The summed E-state index contributed by atoms with van der Waals surface area (Å²) in [5, 5.41) is 26.2. The van der Waals surface area contributed by atoms with Crippen LogP contribution >= 0.6 is 23.4 Å². The molecule has 1 fully saturated rings. The number of nitro benzene ring substituents is 2. The molecule has 4 rings (SSSR count). The summed E-state index contributed by atoms with van der Waals surface area (Å²) >= 11 is 7.17. The summed E-state index contributed by atoms with van der Waals surface area (Å²) in [6.07, 6.45) is 1.65. The quantitative estimate of drug-likeness (QED) is 0.187. The number of halogens is 1. The molecule has 0 saturated carbocycles. The molecule has 3 aromatic rings. The van der Waals surface area contributed by atoms with Crippen molar-refractivity contribution in [1.29, 1.82) is 0 Å². The summed E-state index contributed by atoms with van der Waals surface area (Å²) < 4.78 is 11.4. The van der Waals surface area contributed by atoms with Crippen molar-refractivity contribution in [2.24, 2.45) is 4.99 Å². The second-order valence-electron chi connectivity index (χ2n) is 7.82. The molecule has 1 N–H and O–H groups in total. The number of aryl methyl sites for hydroxylation is 1. The molecule has 0 spiro atoms. The number of benzene rings is 3. The Labute approximate surface area is 225 Å². The summed E-state index contributed by atoms with van der Waals surface area (Å²) in [7, 11) is 0. The first-order chi connectivity index (χ1) is 18.1. The number of amidine groups is 1. The van der Waals surface area contributed by atoms with E-state index in [4.69, 9.17) is 21.1 Å². The molecule has 3 aromatic carbocycles. The minimum Gasteiger partial charge on any atom is -0.490 e. The van der Waals surface area contributed by atoms with Gasteiger partial charge in [0.25, 0.3) is 11.6 Å². The third-order valence-electron chi connectivity index (χ3n) is 5.17. The number of nitro groups is 2. The van der Waals surface area contributed by atoms with Crippen LogP contribution in [0.4, 0.5) is 17.1 Å². The van der Waals surface area contributed by atoms with Crippen LogP contribution in [0.25, 0.3) is 6.08 Å². The number of rotatable bonds is 8. The highest BCUT2D eigenvalue weighted by Crippen LogP contribution is 2.39. The Kier molecular flexibility index (Phi) is 7.93. The van der Waals surface area contributed by atoms with Crippen LogP contribution in [0.15, 0.2) is 64.5 Å². The highest BCUT2D eigenvalue weighted by atomic mass is 35.5. The molecule has 1 aliphatic rings. The molecule has 1 heterocycles. The van der Waals surface area contributed by atoms with E-state index in [9.17, 15) is 25.0 Å². The van der Waals surface area contributed by atoms with Crippen LogP contribution in [0.5, 0.6) is 17.2 Å². The Morgan fingerprint density at radius 3 is 2.47 bits per heavy atom. The zero-order chi connectivity index (χ0) is 27.4. The maximum atomic E-state index is 12.5. The molecule has 0 bridgehead atoms. The van der Waals surface area contributed by atoms with Gasteiger partial charge in [0.2, 0.25) is 5.75 Å². The molecule has 0 atom stereocenters. The third-order valence-corrected chi connectivity index (χ3v) is 6.31. The number of ether oxygens (including phenoxy) is 2. The molecule has 0 radical (unpaired) electrons. The van der Waals surface area contributed by atoms with Gasteiger partial charge in [-0.05, 0) is 79.2 Å². The zero-order valence-electron chi connectivity index (χ0n) is 20.0. The second-order valence-corrected chi connectivity index (χ2v) is 9.29. The van der Waals surface area contributed by atoms with Crippen LogP contribution < -0.4 is 14.8 Å². The van der Waals surface area contributed by atoms with Gasteiger partial charge in [0.1, 0.15) is 0 Å². The molecule has 194 valence electrons. The van der Waals surface area contributed by atoms with E-state index >= 15 is 0 Å². The van der Waals surface area contributed by atoms with Crippen molar-refractivity contribution in [1.82, 2.24) is 5.32 Å². The summed E-state index contributed by atoms with van der Waals surface area (Å²) in [5.41, 5.74) is 1.16. The van der Waals surface area contributed by atoms with Gasteiger partial charge in [-0.1, -0.05) is 17.7 Å². The monoisotopic (exact) mass is 554 g/mol. The standard InChI is InChI=1S/C25H19ClN4O7S/c1-3-36-22-11-15(4-8-21(22)37-20-9-6-17(29(32)33)13-19(20)30(34)35)12-23-24(31)28-25(38-23)27-18-7-5-16(26)10-14(18)2/h4-13H,3H2,1-2H3,(H,27,28,31)/b23-12-. The topological polar surface area (TPSA) is 146 Å². The van der Waals surface area contributed by atoms with E-state index in [1.54, 1.807) is 43.3 Å².